The van der Waals surface area contributed by atoms with Crippen molar-refractivity contribution in [2.45, 2.75) is 38.8 Å². The molecule has 1 fully saturated rings. The van der Waals surface area contributed by atoms with Gasteiger partial charge in [-0.15, -0.1) is 0 Å². The molecule has 1 saturated heterocycles. The lowest BCUT2D eigenvalue weighted by Gasteiger charge is -2.30. The van der Waals surface area contributed by atoms with E-state index < -0.39 is 0 Å². The molecule has 6 nitrogen and oxygen atoms in total. The molecule has 1 amide bonds. The van der Waals surface area contributed by atoms with Crippen molar-refractivity contribution in [3.8, 4) is 22.8 Å². The number of hydrogen-bond acceptors (Lipinski definition) is 4. The number of carbonyl (C=O) groups is 1. The van der Waals surface area contributed by atoms with Crippen molar-refractivity contribution in [2.24, 2.45) is 0 Å². The van der Waals surface area contributed by atoms with Gasteiger partial charge in [0.25, 0.3) is 0 Å². The van der Waals surface area contributed by atoms with Gasteiger partial charge in [-0.05, 0) is 56.5 Å². The van der Waals surface area contributed by atoms with Gasteiger partial charge in [0, 0.05) is 40.8 Å². The van der Waals surface area contributed by atoms with Crippen molar-refractivity contribution < 1.29 is 19.0 Å². The second kappa shape index (κ2) is 8.60. The van der Waals surface area contributed by atoms with E-state index in [1.54, 1.807) is 14.2 Å². The molecule has 0 bridgehead atoms. The van der Waals surface area contributed by atoms with Gasteiger partial charge in [0.1, 0.15) is 11.5 Å². The van der Waals surface area contributed by atoms with Gasteiger partial charge >= 0.3 is 0 Å². The van der Waals surface area contributed by atoms with Crippen LogP contribution in [0.2, 0.25) is 0 Å². The number of carbonyl (C=O) groups excluding carboxylic acids is 1. The van der Waals surface area contributed by atoms with E-state index in [0.717, 1.165) is 69.8 Å². The van der Waals surface area contributed by atoms with Crippen LogP contribution in [-0.2, 0) is 9.53 Å². The summed E-state index contributed by atoms with van der Waals surface area (Å²) in [5.41, 5.74) is 5.84. The van der Waals surface area contributed by atoms with Gasteiger partial charge in [0.2, 0.25) is 5.91 Å². The van der Waals surface area contributed by atoms with E-state index in [0.29, 0.717) is 6.54 Å². The maximum atomic E-state index is 13.4. The molecule has 0 radical (unpaired) electrons. The van der Waals surface area contributed by atoms with Crippen LogP contribution < -0.4 is 9.47 Å². The van der Waals surface area contributed by atoms with Crippen LogP contribution in [0.3, 0.4) is 0 Å². The summed E-state index contributed by atoms with van der Waals surface area (Å²) in [4.78, 5) is 19.0. The maximum Gasteiger partial charge on any atom is 0.250 e. The molecule has 0 spiro atoms. The van der Waals surface area contributed by atoms with Gasteiger partial charge in [0.05, 0.1) is 32.1 Å². The molecule has 0 aliphatic carbocycles. The van der Waals surface area contributed by atoms with Crippen molar-refractivity contribution in [1.82, 2.24) is 9.88 Å². The topological polar surface area (TPSA) is 63.8 Å². The minimum Gasteiger partial charge on any atom is -0.497 e. The van der Waals surface area contributed by atoms with Gasteiger partial charge < -0.3 is 24.1 Å². The van der Waals surface area contributed by atoms with Crippen LogP contribution >= 0.6 is 0 Å². The van der Waals surface area contributed by atoms with E-state index >= 15 is 0 Å². The lowest BCUT2D eigenvalue weighted by molar-refractivity contribution is -0.128. The molecule has 3 heterocycles. The number of amides is 1. The smallest absolute Gasteiger partial charge is 0.250 e. The number of aromatic nitrogens is 1. The number of methoxy groups -OCH3 is 2. The summed E-state index contributed by atoms with van der Waals surface area (Å²) < 4.78 is 17.2. The SMILES string of the molecule is COc1ccc(OC)c(-c2[nH]c3ccccc3c2[C@H]2C(C)=C(C)C(=O)N2C[C@@H]2CCCO2)c1. The highest BCUT2D eigenvalue weighted by molar-refractivity contribution is 6.00. The molecule has 33 heavy (non-hydrogen) atoms. The Balaban J connectivity index is 1.73. The summed E-state index contributed by atoms with van der Waals surface area (Å²) in [6, 6.07) is 13.9. The molecule has 2 aromatic carbocycles. The van der Waals surface area contributed by atoms with Crippen molar-refractivity contribution in [3.05, 3.63) is 59.2 Å². The molecule has 1 N–H and O–H groups in total. The van der Waals surface area contributed by atoms with E-state index in [1.807, 2.05) is 42.2 Å². The highest BCUT2D eigenvalue weighted by atomic mass is 16.5. The molecule has 5 rings (SSSR count). The minimum atomic E-state index is -0.177. The summed E-state index contributed by atoms with van der Waals surface area (Å²) in [5, 5.41) is 1.10. The van der Waals surface area contributed by atoms with E-state index in [1.165, 1.54) is 0 Å². The first kappa shape index (κ1) is 21.6. The molecule has 2 aliphatic rings. The Hall–Kier alpha value is -3.25. The Morgan fingerprint density at radius 1 is 1.12 bits per heavy atom. The van der Waals surface area contributed by atoms with Gasteiger partial charge in [-0.2, -0.15) is 0 Å². The normalized spacial score (nSPS) is 20.8. The van der Waals surface area contributed by atoms with Gasteiger partial charge in [-0.1, -0.05) is 18.2 Å². The fourth-order valence-corrected chi connectivity index (χ4v) is 5.18. The van der Waals surface area contributed by atoms with Crippen LogP contribution in [-0.4, -0.2) is 49.3 Å². The summed E-state index contributed by atoms with van der Waals surface area (Å²) in [7, 11) is 3.33. The number of nitrogens with one attached hydrogen (secondary N) is 1. The predicted octanol–water partition coefficient (Wildman–Crippen LogP) is 5.25. The molecular formula is C27H30N2O4. The fraction of sp³-hybridized carbons (Fsp3) is 0.370. The van der Waals surface area contributed by atoms with Crippen LogP contribution in [0, 0.1) is 0 Å². The van der Waals surface area contributed by atoms with Crippen molar-refractivity contribution in [1.29, 1.82) is 0 Å². The van der Waals surface area contributed by atoms with Crippen LogP contribution in [0.15, 0.2) is 53.6 Å². The number of rotatable bonds is 6. The van der Waals surface area contributed by atoms with E-state index in [9.17, 15) is 4.79 Å². The first-order valence-electron chi connectivity index (χ1n) is 11.5. The van der Waals surface area contributed by atoms with Crippen molar-refractivity contribution in [2.75, 3.05) is 27.4 Å². The molecule has 3 aromatic rings. The zero-order valence-electron chi connectivity index (χ0n) is 19.6. The Bertz CT molecular complexity index is 1240. The zero-order chi connectivity index (χ0) is 23.1. The molecule has 2 atom stereocenters. The monoisotopic (exact) mass is 446 g/mol. The number of fused-ring (bicyclic) bond motifs is 1. The quantitative estimate of drug-likeness (QED) is 0.562. The number of ether oxygens (including phenoxy) is 3. The van der Waals surface area contributed by atoms with Crippen molar-refractivity contribution in [3.63, 3.8) is 0 Å². The van der Waals surface area contributed by atoms with E-state index in [4.69, 9.17) is 14.2 Å². The average molecular weight is 447 g/mol. The standard InChI is InChI=1S/C27H30N2O4/c1-16-17(2)27(30)29(15-19-8-7-13-33-19)26(16)24-20-9-5-6-10-22(20)28-25(24)21-14-18(31-3)11-12-23(21)32-4/h5-6,9-12,14,19,26,28H,7-8,13,15H2,1-4H3/t19-,26+/m0/s1. The predicted molar refractivity (Wildman–Crippen MR) is 129 cm³/mol. The number of para-hydroxylation sites is 1. The minimum absolute atomic E-state index is 0.0789. The summed E-state index contributed by atoms with van der Waals surface area (Å²) >= 11 is 0. The summed E-state index contributed by atoms with van der Waals surface area (Å²) in [6.45, 7) is 5.36. The molecular weight excluding hydrogens is 416 g/mol. The Labute approximate surface area is 194 Å². The third-order valence-corrected chi connectivity index (χ3v) is 7.01. The van der Waals surface area contributed by atoms with Crippen LogP contribution in [0.4, 0.5) is 0 Å². The number of nitrogens with zero attached hydrogens (tertiary/aromatic N) is 1. The molecule has 0 saturated carbocycles. The highest BCUT2D eigenvalue weighted by Gasteiger charge is 2.40. The molecule has 6 heteroatoms. The Morgan fingerprint density at radius 2 is 1.94 bits per heavy atom. The third kappa shape index (κ3) is 3.59. The largest absolute Gasteiger partial charge is 0.497 e. The zero-order valence-corrected chi connectivity index (χ0v) is 19.6. The number of H-pyrrole nitrogens is 1. The fourth-order valence-electron chi connectivity index (χ4n) is 5.18. The third-order valence-electron chi connectivity index (χ3n) is 7.01. The van der Waals surface area contributed by atoms with Crippen LogP contribution in [0.5, 0.6) is 11.5 Å². The number of aromatic amines is 1. The Morgan fingerprint density at radius 3 is 2.67 bits per heavy atom. The first-order valence-corrected chi connectivity index (χ1v) is 11.5. The Kier molecular flexibility index (Phi) is 5.62. The highest BCUT2D eigenvalue weighted by Crippen LogP contribution is 2.47. The lowest BCUT2D eigenvalue weighted by Crippen LogP contribution is -2.36. The van der Waals surface area contributed by atoms with Gasteiger partial charge in [-0.25, -0.2) is 0 Å². The van der Waals surface area contributed by atoms with E-state index in [2.05, 4.69) is 24.0 Å². The maximum absolute atomic E-state index is 13.4. The van der Waals surface area contributed by atoms with Gasteiger partial charge in [0.15, 0.2) is 0 Å². The summed E-state index contributed by atoms with van der Waals surface area (Å²) in [6.07, 6.45) is 2.11. The lowest BCUT2D eigenvalue weighted by atomic mass is 9.93. The molecule has 1 aromatic heterocycles. The average Bonchev–Trinajstić information content (AvgIpc) is 3.54. The van der Waals surface area contributed by atoms with Gasteiger partial charge in [-0.3, -0.25) is 4.79 Å². The number of hydrogen-bond donors (Lipinski definition) is 1. The van der Waals surface area contributed by atoms with Crippen LogP contribution in [0.25, 0.3) is 22.2 Å². The van der Waals surface area contributed by atoms with Crippen molar-refractivity contribution >= 4 is 16.8 Å². The molecule has 0 unspecified atom stereocenters. The van der Waals surface area contributed by atoms with Crippen LogP contribution in [0.1, 0.15) is 38.3 Å². The second-order valence-corrected chi connectivity index (χ2v) is 8.83. The van der Waals surface area contributed by atoms with E-state index in [-0.39, 0.29) is 18.1 Å². The first-order chi connectivity index (χ1) is 16.0. The molecule has 172 valence electrons. The summed E-state index contributed by atoms with van der Waals surface area (Å²) in [5.74, 6) is 1.58. The molecule has 2 aliphatic heterocycles. The number of benzene rings is 2. The second-order valence-electron chi connectivity index (χ2n) is 8.83.